The molecule has 0 amide bonds. The van der Waals surface area contributed by atoms with Gasteiger partial charge in [-0.1, -0.05) is 37.1 Å². The molecule has 0 saturated heterocycles. The summed E-state index contributed by atoms with van der Waals surface area (Å²) in [5, 5.41) is 21.5. The molecule has 0 saturated carbocycles. The summed E-state index contributed by atoms with van der Waals surface area (Å²) in [6.07, 6.45) is 8.15. The van der Waals surface area contributed by atoms with E-state index >= 15 is 0 Å². The van der Waals surface area contributed by atoms with Crippen molar-refractivity contribution >= 4 is 0 Å². The largest absolute Gasteiger partial charge is 0.507 e. The molecule has 4 nitrogen and oxygen atoms in total. The van der Waals surface area contributed by atoms with Crippen molar-refractivity contribution in [3.05, 3.63) is 82.0 Å². The first-order valence-corrected chi connectivity index (χ1v) is 12.0. The predicted molar refractivity (Wildman–Crippen MR) is 137 cm³/mol. The van der Waals surface area contributed by atoms with Gasteiger partial charge in [-0.3, -0.25) is 0 Å². The maximum atomic E-state index is 10.7. The van der Waals surface area contributed by atoms with E-state index in [1.807, 2.05) is 26.0 Å². The lowest BCUT2D eigenvalue weighted by atomic mass is 9.81. The van der Waals surface area contributed by atoms with E-state index in [1.165, 1.54) is 11.1 Å². The first-order chi connectivity index (χ1) is 16.0. The lowest BCUT2D eigenvalue weighted by Crippen LogP contribution is -2.24. The van der Waals surface area contributed by atoms with Crippen molar-refractivity contribution in [1.82, 2.24) is 0 Å². The van der Waals surface area contributed by atoms with Crippen LogP contribution in [0, 0.1) is 0 Å². The number of fused-ring (bicyclic) bond motifs is 2. The molecule has 4 heteroatoms. The summed E-state index contributed by atoms with van der Waals surface area (Å²) in [6.45, 7) is 16.3. The highest BCUT2D eigenvalue weighted by atomic mass is 16.5. The minimum Gasteiger partial charge on any atom is -0.507 e. The normalized spacial score (nSPS) is 18.4. The van der Waals surface area contributed by atoms with Crippen molar-refractivity contribution in [1.29, 1.82) is 0 Å². The Labute approximate surface area is 203 Å². The zero-order valence-corrected chi connectivity index (χ0v) is 21.2. The Kier molecular flexibility index (Phi) is 6.28. The van der Waals surface area contributed by atoms with Gasteiger partial charge in [0.2, 0.25) is 0 Å². The smallest absolute Gasteiger partial charge is 0.169 e. The Morgan fingerprint density at radius 2 is 1.79 bits per heavy atom. The second-order valence-corrected chi connectivity index (χ2v) is 10.5. The Morgan fingerprint density at radius 1 is 1.06 bits per heavy atom. The quantitative estimate of drug-likeness (QED) is 0.437. The molecule has 4 rings (SSSR count). The summed E-state index contributed by atoms with van der Waals surface area (Å²) in [4.78, 5) is 0. The first kappa shape index (κ1) is 24.0. The molecule has 2 aliphatic rings. The fraction of sp³-hybridized carbons (Fsp3) is 0.400. The van der Waals surface area contributed by atoms with Crippen molar-refractivity contribution in [2.24, 2.45) is 0 Å². The Bertz CT molecular complexity index is 1190. The lowest BCUT2D eigenvalue weighted by Gasteiger charge is -2.36. The number of aromatic hydroxyl groups is 2. The van der Waals surface area contributed by atoms with Crippen LogP contribution in [0.15, 0.2) is 54.2 Å². The number of ether oxygens (including phenoxy) is 2. The van der Waals surface area contributed by atoms with E-state index in [-0.39, 0.29) is 29.1 Å². The molecule has 2 aromatic rings. The van der Waals surface area contributed by atoms with E-state index in [9.17, 15) is 10.2 Å². The summed E-state index contributed by atoms with van der Waals surface area (Å²) < 4.78 is 12.4. The van der Waals surface area contributed by atoms with Crippen molar-refractivity contribution in [3.63, 3.8) is 0 Å². The number of phenolic OH excluding ortho intramolecular Hbond substituents is 2. The summed E-state index contributed by atoms with van der Waals surface area (Å²) >= 11 is 0. The summed E-state index contributed by atoms with van der Waals surface area (Å²) in [5.74, 6) is 1.65. The van der Waals surface area contributed by atoms with Gasteiger partial charge in [-0.15, -0.1) is 6.58 Å². The number of rotatable bonds is 6. The molecule has 34 heavy (non-hydrogen) atoms. The van der Waals surface area contributed by atoms with Crippen LogP contribution in [0.4, 0.5) is 0 Å². The lowest BCUT2D eigenvalue weighted by molar-refractivity contribution is 0.164. The molecule has 180 valence electrons. The van der Waals surface area contributed by atoms with Gasteiger partial charge in [0.05, 0.1) is 0 Å². The maximum absolute atomic E-state index is 10.7. The van der Waals surface area contributed by atoms with Crippen molar-refractivity contribution < 1.29 is 19.7 Å². The summed E-state index contributed by atoms with van der Waals surface area (Å²) in [5.41, 5.74) is 7.22. The van der Waals surface area contributed by atoms with E-state index in [0.717, 1.165) is 47.1 Å². The fourth-order valence-corrected chi connectivity index (χ4v) is 4.79. The molecule has 2 atom stereocenters. The van der Waals surface area contributed by atoms with Crippen LogP contribution >= 0.6 is 0 Å². The number of aryl methyl sites for hydroxylation is 1. The molecule has 2 aliphatic heterocycles. The minimum absolute atomic E-state index is 0.157. The number of allylic oxidation sites excluding steroid dienone is 4. The Morgan fingerprint density at radius 3 is 2.44 bits per heavy atom. The Balaban J connectivity index is 1.76. The summed E-state index contributed by atoms with van der Waals surface area (Å²) in [7, 11) is 0. The third-order valence-electron chi connectivity index (χ3n) is 6.85. The van der Waals surface area contributed by atoms with Crippen LogP contribution in [0.1, 0.15) is 88.0 Å². The molecule has 0 aromatic heterocycles. The van der Waals surface area contributed by atoms with Crippen molar-refractivity contribution in [2.75, 3.05) is 0 Å². The van der Waals surface area contributed by atoms with Gasteiger partial charge < -0.3 is 19.7 Å². The number of phenols is 2. The van der Waals surface area contributed by atoms with Crippen LogP contribution in [0.5, 0.6) is 23.0 Å². The minimum atomic E-state index is -0.332. The third kappa shape index (κ3) is 4.34. The molecule has 2 N–H and O–H groups in total. The number of hydrogen-bond acceptors (Lipinski definition) is 4. The fourth-order valence-electron chi connectivity index (χ4n) is 4.79. The van der Waals surface area contributed by atoms with Gasteiger partial charge in [0.15, 0.2) is 11.5 Å². The third-order valence-corrected chi connectivity index (χ3v) is 6.85. The van der Waals surface area contributed by atoms with Gasteiger partial charge >= 0.3 is 0 Å². The number of hydrogen-bond donors (Lipinski definition) is 2. The standard InChI is InChI=1S/C30H36O4/c1-8-30(6,7)22-14-19-10-12-25(33-26(19)16-23(22)31)21-15-24(32)29-28(20(21)11-9-17(2)3)27(34-29)13-18(4)5/h8-9,13-16,25,27,31-32H,1,10-12H2,2-7H3. The van der Waals surface area contributed by atoms with Crippen molar-refractivity contribution in [3.8, 4) is 23.0 Å². The second-order valence-electron chi connectivity index (χ2n) is 10.5. The second kappa shape index (κ2) is 8.90. The highest BCUT2D eigenvalue weighted by Gasteiger charge is 2.37. The molecule has 0 bridgehead atoms. The topological polar surface area (TPSA) is 58.9 Å². The molecular formula is C30H36O4. The zero-order chi connectivity index (χ0) is 24.8. The van der Waals surface area contributed by atoms with Crippen LogP contribution in [0.3, 0.4) is 0 Å². The van der Waals surface area contributed by atoms with E-state index in [0.29, 0.717) is 11.5 Å². The SMILES string of the molecule is C=CC(C)(C)c1cc2c(cc1O)OC(c1cc(O)c3c(c1CC=C(C)C)C(C=C(C)C)O3)CC2. The zero-order valence-electron chi connectivity index (χ0n) is 21.2. The van der Waals surface area contributed by atoms with Crippen LogP contribution < -0.4 is 9.47 Å². The average molecular weight is 461 g/mol. The van der Waals surface area contributed by atoms with Crippen molar-refractivity contribution in [2.45, 2.75) is 78.4 Å². The molecule has 0 aliphatic carbocycles. The molecule has 2 heterocycles. The van der Waals surface area contributed by atoms with Gasteiger partial charge in [0.1, 0.15) is 23.7 Å². The van der Waals surface area contributed by atoms with Gasteiger partial charge in [-0.2, -0.15) is 0 Å². The molecule has 0 radical (unpaired) electrons. The highest BCUT2D eigenvalue weighted by Crippen LogP contribution is 2.52. The number of benzene rings is 2. The molecule has 0 fully saturated rings. The van der Waals surface area contributed by atoms with Crippen LogP contribution in [0.2, 0.25) is 0 Å². The van der Waals surface area contributed by atoms with Crippen LogP contribution in [-0.4, -0.2) is 10.2 Å². The van der Waals surface area contributed by atoms with Gasteiger partial charge in [-0.05, 0) is 76.3 Å². The molecule has 2 aromatic carbocycles. The van der Waals surface area contributed by atoms with Gasteiger partial charge in [0.25, 0.3) is 0 Å². The maximum Gasteiger partial charge on any atom is 0.169 e. The molecule has 0 spiro atoms. The van der Waals surface area contributed by atoms with Crippen LogP contribution in [-0.2, 0) is 18.3 Å². The monoisotopic (exact) mass is 460 g/mol. The van der Waals surface area contributed by atoms with Gasteiger partial charge in [0, 0.05) is 28.2 Å². The summed E-state index contributed by atoms with van der Waals surface area (Å²) in [6, 6.07) is 5.57. The van der Waals surface area contributed by atoms with E-state index in [4.69, 9.17) is 9.47 Å². The average Bonchev–Trinajstić information content (AvgIpc) is 2.75. The van der Waals surface area contributed by atoms with E-state index in [1.54, 1.807) is 12.1 Å². The van der Waals surface area contributed by atoms with Gasteiger partial charge in [-0.25, -0.2) is 0 Å². The highest BCUT2D eigenvalue weighted by molar-refractivity contribution is 5.62. The van der Waals surface area contributed by atoms with Crippen LogP contribution in [0.25, 0.3) is 0 Å². The molecule has 2 unspecified atom stereocenters. The predicted octanol–water partition coefficient (Wildman–Crippen LogP) is 7.54. The Hall–Kier alpha value is -3.14. The first-order valence-electron chi connectivity index (χ1n) is 12.0. The van der Waals surface area contributed by atoms with E-state index in [2.05, 4.69) is 46.4 Å². The molecular weight excluding hydrogens is 424 g/mol. The van der Waals surface area contributed by atoms with E-state index < -0.39 is 0 Å².